The molecule has 6 heteroatoms. The number of hydrogen-bond acceptors (Lipinski definition) is 3. The van der Waals surface area contributed by atoms with Crippen molar-refractivity contribution in [1.29, 1.82) is 0 Å². The van der Waals surface area contributed by atoms with Crippen LogP contribution in [-0.2, 0) is 15.1 Å². The van der Waals surface area contributed by atoms with Gasteiger partial charge in [-0.05, 0) is 23.8 Å². The third-order valence-corrected chi connectivity index (χ3v) is 4.28. The Hall–Kier alpha value is -2.73. The van der Waals surface area contributed by atoms with Crippen LogP contribution in [0, 0.1) is 5.82 Å². The highest BCUT2D eigenvalue weighted by molar-refractivity contribution is 6.09. The highest BCUT2D eigenvalue weighted by Crippen LogP contribution is 2.46. The van der Waals surface area contributed by atoms with Crippen molar-refractivity contribution in [3.8, 4) is 0 Å². The number of nitrogens with zero attached hydrogens (tertiary/aromatic N) is 1. The fourth-order valence-electron chi connectivity index (χ4n) is 3.25. The van der Waals surface area contributed by atoms with Crippen LogP contribution in [0.4, 0.5) is 10.1 Å². The number of anilines is 1. The maximum Gasteiger partial charge on any atom is 0.260 e. The monoisotopic (exact) mass is 328 g/mol. The first-order valence-corrected chi connectivity index (χ1v) is 7.48. The molecule has 0 spiro atoms. The molecular weight excluding hydrogens is 311 g/mol. The quantitative estimate of drug-likeness (QED) is 0.904. The van der Waals surface area contributed by atoms with E-state index in [0.29, 0.717) is 11.3 Å². The van der Waals surface area contributed by atoms with Crippen molar-refractivity contribution >= 4 is 17.5 Å². The lowest BCUT2D eigenvalue weighted by atomic mass is 9.82. The average molecular weight is 328 g/mol. The first kappa shape index (κ1) is 16.1. The highest BCUT2D eigenvalue weighted by Gasteiger charge is 2.55. The Morgan fingerprint density at radius 1 is 1.25 bits per heavy atom. The largest absolute Gasteiger partial charge is 0.385 e. The molecule has 0 fully saturated rings. The molecule has 2 amide bonds. The van der Waals surface area contributed by atoms with Crippen molar-refractivity contribution in [2.45, 2.75) is 18.6 Å². The minimum absolute atomic E-state index is 0.210. The number of likely N-dealkylation sites (N-methyl/N-ethyl adjacent to an activating group) is 1. The molecule has 24 heavy (non-hydrogen) atoms. The van der Waals surface area contributed by atoms with Gasteiger partial charge in [-0.25, -0.2) is 4.39 Å². The van der Waals surface area contributed by atoms with Gasteiger partial charge in [0, 0.05) is 25.2 Å². The second-order valence-corrected chi connectivity index (χ2v) is 5.83. The van der Waals surface area contributed by atoms with Crippen molar-refractivity contribution in [2.24, 2.45) is 0 Å². The maximum absolute atomic E-state index is 13.6. The van der Waals surface area contributed by atoms with E-state index in [2.05, 4.69) is 5.32 Å². The van der Waals surface area contributed by atoms with Crippen LogP contribution in [0.15, 0.2) is 48.5 Å². The lowest BCUT2D eigenvalue weighted by Crippen LogP contribution is -2.55. The molecule has 0 saturated carbocycles. The standard InChI is InChI=1S/C18H17FN2O3/c1-11(22)20-18(16(23)12-6-5-7-13(19)10-12)14-8-3-4-9-15(14)21(2)17(18)24/h3-10,16,23H,1-2H3,(H,20,22). The summed E-state index contributed by atoms with van der Waals surface area (Å²) in [7, 11) is 1.57. The predicted octanol–water partition coefficient (Wildman–Crippen LogP) is 1.87. The van der Waals surface area contributed by atoms with Crippen molar-refractivity contribution in [2.75, 3.05) is 11.9 Å². The molecule has 2 atom stereocenters. The Kier molecular flexibility index (Phi) is 3.85. The molecule has 0 aliphatic carbocycles. The zero-order valence-electron chi connectivity index (χ0n) is 13.3. The van der Waals surface area contributed by atoms with Crippen LogP contribution in [-0.4, -0.2) is 24.0 Å². The van der Waals surface area contributed by atoms with Crippen molar-refractivity contribution in [1.82, 2.24) is 5.32 Å². The number of halogens is 1. The van der Waals surface area contributed by atoms with Crippen LogP contribution in [0.25, 0.3) is 0 Å². The third kappa shape index (κ3) is 2.27. The smallest absolute Gasteiger partial charge is 0.260 e. The van der Waals surface area contributed by atoms with E-state index in [1.807, 2.05) is 0 Å². The summed E-state index contributed by atoms with van der Waals surface area (Å²) in [6, 6.07) is 12.3. The zero-order valence-corrected chi connectivity index (χ0v) is 13.3. The molecule has 0 bridgehead atoms. The number of aliphatic hydroxyl groups excluding tert-OH is 1. The molecule has 2 N–H and O–H groups in total. The molecule has 5 nitrogen and oxygen atoms in total. The van der Waals surface area contributed by atoms with E-state index >= 15 is 0 Å². The summed E-state index contributed by atoms with van der Waals surface area (Å²) in [5.41, 5.74) is -0.413. The van der Waals surface area contributed by atoms with Crippen LogP contribution in [0.3, 0.4) is 0 Å². The number of carbonyl (C=O) groups is 2. The van der Waals surface area contributed by atoms with Crippen molar-refractivity contribution in [3.63, 3.8) is 0 Å². The summed E-state index contributed by atoms with van der Waals surface area (Å²) in [5.74, 6) is -1.48. The lowest BCUT2D eigenvalue weighted by molar-refractivity contribution is -0.135. The number of para-hydroxylation sites is 1. The number of fused-ring (bicyclic) bond motifs is 1. The fourth-order valence-corrected chi connectivity index (χ4v) is 3.25. The molecule has 1 aliphatic rings. The fraction of sp³-hybridized carbons (Fsp3) is 0.222. The summed E-state index contributed by atoms with van der Waals surface area (Å²) in [6.07, 6.45) is -1.43. The Balaban J connectivity index is 2.23. The van der Waals surface area contributed by atoms with Gasteiger partial charge in [0.1, 0.15) is 11.9 Å². The van der Waals surface area contributed by atoms with Gasteiger partial charge in [0.2, 0.25) is 5.91 Å². The number of carbonyl (C=O) groups excluding carboxylic acids is 2. The van der Waals surface area contributed by atoms with E-state index in [9.17, 15) is 19.1 Å². The number of benzene rings is 2. The molecule has 2 unspecified atom stereocenters. The number of hydrogen-bond donors (Lipinski definition) is 2. The lowest BCUT2D eigenvalue weighted by Gasteiger charge is -2.34. The minimum Gasteiger partial charge on any atom is -0.385 e. The molecular formula is C18H17FN2O3. The Morgan fingerprint density at radius 3 is 2.62 bits per heavy atom. The minimum atomic E-state index is -1.69. The van der Waals surface area contributed by atoms with Crippen LogP contribution in [0.2, 0.25) is 0 Å². The van der Waals surface area contributed by atoms with E-state index < -0.39 is 29.3 Å². The van der Waals surface area contributed by atoms with Gasteiger partial charge < -0.3 is 15.3 Å². The van der Waals surface area contributed by atoms with Gasteiger partial charge in [0.15, 0.2) is 5.54 Å². The topological polar surface area (TPSA) is 69.6 Å². The summed E-state index contributed by atoms with van der Waals surface area (Å²) in [6.45, 7) is 1.27. The Bertz CT molecular complexity index is 823. The van der Waals surface area contributed by atoms with Crippen LogP contribution in [0.5, 0.6) is 0 Å². The maximum atomic E-state index is 13.6. The molecule has 2 aromatic rings. The number of aliphatic hydroxyl groups is 1. The molecule has 0 radical (unpaired) electrons. The van der Waals surface area contributed by atoms with E-state index in [1.165, 1.54) is 30.0 Å². The van der Waals surface area contributed by atoms with E-state index in [-0.39, 0.29) is 5.56 Å². The SMILES string of the molecule is CC(=O)NC1(C(O)c2cccc(F)c2)C(=O)N(C)c2ccccc21. The van der Waals surface area contributed by atoms with E-state index in [0.717, 1.165) is 6.07 Å². The zero-order chi connectivity index (χ0) is 17.5. The summed E-state index contributed by atoms with van der Waals surface area (Å²) < 4.78 is 13.6. The summed E-state index contributed by atoms with van der Waals surface area (Å²) in [5, 5.41) is 13.6. The second-order valence-electron chi connectivity index (χ2n) is 5.83. The van der Waals surface area contributed by atoms with Gasteiger partial charge in [-0.3, -0.25) is 9.59 Å². The normalized spacial score (nSPS) is 20.7. The molecule has 0 aromatic heterocycles. The summed E-state index contributed by atoms with van der Waals surface area (Å²) in [4.78, 5) is 26.2. The van der Waals surface area contributed by atoms with Gasteiger partial charge in [-0.1, -0.05) is 30.3 Å². The van der Waals surface area contributed by atoms with Gasteiger partial charge in [0.25, 0.3) is 5.91 Å². The number of rotatable bonds is 3. The third-order valence-electron chi connectivity index (χ3n) is 4.28. The van der Waals surface area contributed by atoms with E-state index in [4.69, 9.17) is 0 Å². The van der Waals surface area contributed by atoms with E-state index in [1.54, 1.807) is 31.3 Å². The highest BCUT2D eigenvalue weighted by atomic mass is 19.1. The first-order chi connectivity index (χ1) is 11.4. The molecule has 0 saturated heterocycles. The molecule has 3 rings (SSSR count). The Morgan fingerprint density at radius 2 is 1.96 bits per heavy atom. The molecule has 1 heterocycles. The summed E-state index contributed by atoms with van der Waals surface area (Å²) >= 11 is 0. The van der Waals surface area contributed by atoms with Crippen molar-refractivity contribution < 1.29 is 19.1 Å². The second kappa shape index (κ2) is 5.72. The molecule has 2 aromatic carbocycles. The van der Waals surface area contributed by atoms with Gasteiger partial charge in [0.05, 0.1) is 0 Å². The van der Waals surface area contributed by atoms with Crippen LogP contribution >= 0.6 is 0 Å². The number of amides is 2. The average Bonchev–Trinajstić information content (AvgIpc) is 2.77. The van der Waals surface area contributed by atoms with Crippen LogP contribution < -0.4 is 10.2 Å². The van der Waals surface area contributed by atoms with Crippen LogP contribution in [0.1, 0.15) is 24.2 Å². The molecule has 124 valence electrons. The van der Waals surface area contributed by atoms with Crippen molar-refractivity contribution in [3.05, 3.63) is 65.5 Å². The number of nitrogens with one attached hydrogen (secondary N) is 1. The van der Waals surface area contributed by atoms with Gasteiger partial charge >= 0.3 is 0 Å². The Labute approximate surface area is 138 Å². The predicted molar refractivity (Wildman–Crippen MR) is 86.7 cm³/mol. The van der Waals surface area contributed by atoms with Gasteiger partial charge in [-0.15, -0.1) is 0 Å². The molecule has 1 aliphatic heterocycles. The first-order valence-electron chi connectivity index (χ1n) is 7.48. The van der Waals surface area contributed by atoms with Gasteiger partial charge in [-0.2, -0.15) is 0 Å².